The first-order chi connectivity index (χ1) is 17.3. The standard InChI is InChI=1S/C25H30O11/c1-32-18-7-4-14(12-19(18)33-2)5-8-21(29)36-24-20(13-26)35-25(23(31)22(24)30)34-10-9-15-3-6-16(27)17(28)11-15/h3-8,11-12,20,22-28,30-31H,9-10,13H2,1-2H3/b8-5+/t20-,22-,23-,24-,25-/m1/s1. The van der Waals surface area contributed by atoms with Crippen LogP contribution in [0.4, 0.5) is 0 Å². The molecule has 1 fully saturated rings. The molecule has 11 heteroatoms. The van der Waals surface area contributed by atoms with Crippen molar-refractivity contribution < 1.29 is 54.0 Å². The van der Waals surface area contributed by atoms with E-state index in [0.29, 0.717) is 29.0 Å². The summed E-state index contributed by atoms with van der Waals surface area (Å²) in [5.74, 6) is -0.353. The van der Waals surface area contributed by atoms with E-state index in [1.165, 1.54) is 32.4 Å². The lowest BCUT2D eigenvalue weighted by Crippen LogP contribution is -2.60. The number of methoxy groups -OCH3 is 2. The number of phenolic OH excluding ortho intramolecular Hbond substituents is 2. The van der Waals surface area contributed by atoms with Crippen molar-refractivity contribution in [2.75, 3.05) is 27.4 Å². The minimum absolute atomic E-state index is 0.0370. The molecule has 1 saturated heterocycles. The summed E-state index contributed by atoms with van der Waals surface area (Å²) < 4.78 is 26.7. The lowest BCUT2D eigenvalue weighted by molar-refractivity contribution is -0.302. The number of hydrogen-bond donors (Lipinski definition) is 5. The van der Waals surface area contributed by atoms with Crippen LogP contribution in [0.15, 0.2) is 42.5 Å². The van der Waals surface area contributed by atoms with Crippen molar-refractivity contribution in [3.8, 4) is 23.0 Å². The van der Waals surface area contributed by atoms with Crippen LogP contribution < -0.4 is 9.47 Å². The quantitative estimate of drug-likeness (QED) is 0.175. The summed E-state index contributed by atoms with van der Waals surface area (Å²) in [6.45, 7) is -0.567. The number of aliphatic hydroxyl groups excluding tert-OH is 3. The third-order valence-corrected chi connectivity index (χ3v) is 5.61. The Bertz CT molecular complexity index is 1050. The Morgan fingerprint density at radius 1 is 1.00 bits per heavy atom. The molecule has 0 unspecified atom stereocenters. The summed E-state index contributed by atoms with van der Waals surface area (Å²) in [6.07, 6.45) is -4.03. The van der Waals surface area contributed by atoms with Crippen LogP contribution in [0.1, 0.15) is 11.1 Å². The van der Waals surface area contributed by atoms with Gasteiger partial charge < -0.3 is 49.2 Å². The summed E-state index contributed by atoms with van der Waals surface area (Å²) in [6, 6.07) is 9.32. The van der Waals surface area contributed by atoms with Gasteiger partial charge in [0.15, 0.2) is 35.4 Å². The predicted octanol–water partition coefficient (Wildman–Crippen LogP) is 0.738. The van der Waals surface area contributed by atoms with Crippen LogP contribution in [0, 0.1) is 0 Å². The molecule has 2 aromatic rings. The monoisotopic (exact) mass is 506 g/mol. The number of rotatable bonds is 10. The largest absolute Gasteiger partial charge is 0.504 e. The molecule has 3 rings (SSSR count). The first-order valence-corrected chi connectivity index (χ1v) is 11.1. The number of phenols is 2. The number of aromatic hydroxyl groups is 2. The molecule has 11 nitrogen and oxygen atoms in total. The van der Waals surface area contributed by atoms with Gasteiger partial charge in [0.05, 0.1) is 27.4 Å². The van der Waals surface area contributed by atoms with Crippen LogP contribution in [0.2, 0.25) is 0 Å². The van der Waals surface area contributed by atoms with Gasteiger partial charge in [0.1, 0.15) is 18.3 Å². The second-order valence-corrected chi connectivity index (χ2v) is 8.00. The molecule has 0 aliphatic carbocycles. The Morgan fingerprint density at radius 2 is 1.75 bits per heavy atom. The predicted molar refractivity (Wildman–Crippen MR) is 126 cm³/mol. The molecule has 5 N–H and O–H groups in total. The van der Waals surface area contributed by atoms with E-state index in [9.17, 15) is 30.3 Å². The highest BCUT2D eigenvalue weighted by Crippen LogP contribution is 2.29. The molecule has 0 amide bonds. The third kappa shape index (κ3) is 6.65. The number of aliphatic hydroxyl groups is 3. The number of carbonyl (C=O) groups is 1. The van der Waals surface area contributed by atoms with Gasteiger partial charge in [0.25, 0.3) is 0 Å². The molecular weight excluding hydrogens is 476 g/mol. The van der Waals surface area contributed by atoms with Crippen LogP contribution in [0.5, 0.6) is 23.0 Å². The van der Waals surface area contributed by atoms with Gasteiger partial charge >= 0.3 is 5.97 Å². The summed E-state index contributed by atoms with van der Waals surface area (Å²) >= 11 is 0. The molecule has 0 aromatic heterocycles. The highest BCUT2D eigenvalue weighted by molar-refractivity contribution is 5.87. The minimum Gasteiger partial charge on any atom is -0.504 e. The van der Waals surface area contributed by atoms with Gasteiger partial charge in [-0.25, -0.2) is 4.79 Å². The lowest BCUT2D eigenvalue weighted by Gasteiger charge is -2.41. The van der Waals surface area contributed by atoms with Crippen molar-refractivity contribution in [2.24, 2.45) is 0 Å². The molecule has 36 heavy (non-hydrogen) atoms. The van der Waals surface area contributed by atoms with Gasteiger partial charge in [0.2, 0.25) is 0 Å². The van der Waals surface area contributed by atoms with E-state index < -0.39 is 43.3 Å². The van der Waals surface area contributed by atoms with E-state index in [-0.39, 0.29) is 18.1 Å². The van der Waals surface area contributed by atoms with E-state index in [0.717, 1.165) is 6.08 Å². The zero-order valence-electron chi connectivity index (χ0n) is 19.8. The van der Waals surface area contributed by atoms with Gasteiger partial charge in [-0.05, 0) is 47.9 Å². The molecule has 0 bridgehead atoms. The van der Waals surface area contributed by atoms with Gasteiger partial charge in [-0.1, -0.05) is 12.1 Å². The van der Waals surface area contributed by atoms with Gasteiger partial charge in [-0.15, -0.1) is 0 Å². The maximum absolute atomic E-state index is 12.4. The number of ether oxygens (including phenoxy) is 5. The lowest BCUT2D eigenvalue weighted by atomic mass is 9.99. The average Bonchev–Trinajstić information content (AvgIpc) is 2.88. The van der Waals surface area contributed by atoms with Gasteiger partial charge in [-0.2, -0.15) is 0 Å². The molecular formula is C25H30O11. The molecule has 0 radical (unpaired) electrons. The second kappa shape index (κ2) is 12.6. The van der Waals surface area contributed by atoms with Gasteiger partial charge in [0, 0.05) is 6.08 Å². The maximum atomic E-state index is 12.4. The van der Waals surface area contributed by atoms with Crippen LogP contribution in [0.25, 0.3) is 6.08 Å². The van der Waals surface area contributed by atoms with Crippen molar-refractivity contribution in [3.63, 3.8) is 0 Å². The summed E-state index contributed by atoms with van der Waals surface area (Å²) in [5.41, 5.74) is 1.28. The molecule has 1 aliphatic heterocycles. The average molecular weight is 507 g/mol. The Labute approximate surface area is 207 Å². The number of benzene rings is 2. The molecule has 5 atom stereocenters. The summed E-state index contributed by atoms with van der Waals surface area (Å²) in [5, 5.41) is 49.6. The topological polar surface area (TPSA) is 164 Å². The first-order valence-electron chi connectivity index (χ1n) is 11.1. The smallest absolute Gasteiger partial charge is 0.331 e. The van der Waals surface area contributed by atoms with E-state index in [4.69, 9.17) is 23.7 Å². The molecule has 0 spiro atoms. The van der Waals surface area contributed by atoms with Crippen LogP contribution in [-0.4, -0.2) is 89.6 Å². The van der Waals surface area contributed by atoms with Crippen molar-refractivity contribution in [3.05, 3.63) is 53.6 Å². The third-order valence-electron chi connectivity index (χ3n) is 5.61. The first kappa shape index (κ1) is 27.2. The Morgan fingerprint density at radius 3 is 2.42 bits per heavy atom. The molecule has 1 heterocycles. The van der Waals surface area contributed by atoms with E-state index in [2.05, 4.69) is 0 Å². The van der Waals surface area contributed by atoms with Crippen molar-refractivity contribution in [1.29, 1.82) is 0 Å². The van der Waals surface area contributed by atoms with Crippen molar-refractivity contribution in [2.45, 2.75) is 37.1 Å². The zero-order valence-corrected chi connectivity index (χ0v) is 19.8. The Hall–Kier alpha value is -3.35. The number of esters is 1. The molecule has 0 saturated carbocycles. The Kier molecular flexibility index (Phi) is 9.51. The fraction of sp³-hybridized carbons (Fsp3) is 0.400. The van der Waals surface area contributed by atoms with Crippen LogP contribution in [-0.2, 0) is 25.4 Å². The normalized spacial score (nSPS) is 24.0. The van der Waals surface area contributed by atoms with Crippen LogP contribution >= 0.6 is 0 Å². The highest BCUT2D eigenvalue weighted by Gasteiger charge is 2.46. The second-order valence-electron chi connectivity index (χ2n) is 8.00. The molecule has 1 aliphatic rings. The fourth-order valence-electron chi connectivity index (χ4n) is 3.65. The minimum atomic E-state index is -1.59. The van der Waals surface area contributed by atoms with Gasteiger partial charge in [-0.3, -0.25) is 0 Å². The summed E-state index contributed by atoms with van der Waals surface area (Å²) in [7, 11) is 2.99. The molecule has 196 valence electrons. The molecule has 2 aromatic carbocycles. The van der Waals surface area contributed by atoms with E-state index >= 15 is 0 Å². The van der Waals surface area contributed by atoms with E-state index in [1.807, 2.05) is 0 Å². The van der Waals surface area contributed by atoms with E-state index in [1.54, 1.807) is 24.3 Å². The zero-order chi connectivity index (χ0) is 26.2. The van der Waals surface area contributed by atoms with Crippen LogP contribution in [0.3, 0.4) is 0 Å². The van der Waals surface area contributed by atoms with Crippen molar-refractivity contribution >= 4 is 12.0 Å². The van der Waals surface area contributed by atoms with Crippen molar-refractivity contribution in [1.82, 2.24) is 0 Å². The number of carbonyl (C=O) groups excluding carboxylic acids is 1. The summed E-state index contributed by atoms with van der Waals surface area (Å²) in [4.78, 5) is 12.4. The maximum Gasteiger partial charge on any atom is 0.331 e. The Balaban J connectivity index is 1.57. The SMILES string of the molecule is COc1ccc(/C=C/C(=O)O[C@H]2[C@H](O)[C@@H](O)[C@H](OCCc3ccc(O)c(O)c3)O[C@@H]2CO)cc1OC. The highest BCUT2D eigenvalue weighted by atomic mass is 16.7. The fourth-order valence-corrected chi connectivity index (χ4v) is 3.65. The number of hydrogen-bond acceptors (Lipinski definition) is 11.